The molecule has 0 aromatic heterocycles. The third kappa shape index (κ3) is 5.67. The Morgan fingerprint density at radius 1 is 1.26 bits per heavy atom. The van der Waals surface area contributed by atoms with E-state index in [0.717, 1.165) is 12.1 Å². The van der Waals surface area contributed by atoms with Gasteiger partial charge in [-0.3, -0.25) is 0 Å². The lowest BCUT2D eigenvalue weighted by Gasteiger charge is -2.10. The molecule has 106 valence electrons. The third-order valence-corrected chi connectivity index (χ3v) is 5.02. The van der Waals surface area contributed by atoms with Crippen molar-refractivity contribution in [3.63, 3.8) is 0 Å². The van der Waals surface area contributed by atoms with Crippen molar-refractivity contribution in [1.29, 1.82) is 0 Å². The van der Waals surface area contributed by atoms with Crippen molar-refractivity contribution < 1.29 is 13.2 Å². The van der Waals surface area contributed by atoms with E-state index in [-0.39, 0.29) is 16.7 Å². The summed E-state index contributed by atoms with van der Waals surface area (Å²) in [6, 6.07) is 6.56. The lowest BCUT2D eigenvalue weighted by molar-refractivity contribution is -0.0328. The highest BCUT2D eigenvalue weighted by Crippen LogP contribution is 2.36. The number of thioether (sulfide) groups is 2. The predicted molar refractivity (Wildman–Crippen MR) is 75.5 cm³/mol. The number of halogens is 3. The fourth-order valence-electron chi connectivity index (χ4n) is 1.99. The van der Waals surface area contributed by atoms with Crippen LogP contribution in [0.2, 0.25) is 0 Å². The number of benzene rings is 1. The minimum Gasteiger partial charge on any atom is -0.312 e. The van der Waals surface area contributed by atoms with E-state index in [1.54, 1.807) is 12.1 Å². The van der Waals surface area contributed by atoms with Gasteiger partial charge in [-0.05, 0) is 48.1 Å². The molecule has 1 atom stereocenters. The summed E-state index contributed by atoms with van der Waals surface area (Å²) in [6.45, 7) is 1.69. The second-order valence-electron chi connectivity index (χ2n) is 4.46. The topological polar surface area (TPSA) is 12.0 Å². The number of alkyl halides is 3. The summed E-state index contributed by atoms with van der Waals surface area (Å²) in [4.78, 5) is 0.239. The zero-order chi connectivity index (χ0) is 13.7. The Labute approximate surface area is 119 Å². The van der Waals surface area contributed by atoms with Gasteiger partial charge in [0.1, 0.15) is 0 Å². The van der Waals surface area contributed by atoms with E-state index >= 15 is 0 Å². The van der Waals surface area contributed by atoms with Crippen LogP contribution in [0.3, 0.4) is 0 Å². The summed E-state index contributed by atoms with van der Waals surface area (Å²) in [6.07, 6.45) is 2.55. The Balaban J connectivity index is 1.75. The van der Waals surface area contributed by atoms with Crippen molar-refractivity contribution in [2.45, 2.75) is 35.0 Å². The molecular formula is C13H16F3NS2. The van der Waals surface area contributed by atoms with Gasteiger partial charge in [0.05, 0.1) is 0 Å². The molecule has 1 aromatic rings. The van der Waals surface area contributed by atoms with E-state index in [2.05, 4.69) is 5.32 Å². The van der Waals surface area contributed by atoms with Crippen LogP contribution in [-0.2, 0) is 6.54 Å². The van der Waals surface area contributed by atoms with Crippen LogP contribution in [0, 0.1) is 0 Å². The summed E-state index contributed by atoms with van der Waals surface area (Å²) in [5.41, 5.74) is -3.19. The Kier molecular flexibility index (Phi) is 5.47. The number of rotatable bonds is 5. The van der Waals surface area contributed by atoms with Gasteiger partial charge in [-0.15, -0.1) is 0 Å². The average Bonchev–Trinajstić information content (AvgIpc) is 2.82. The predicted octanol–water partition coefficient (Wildman–Crippen LogP) is 4.28. The van der Waals surface area contributed by atoms with Gasteiger partial charge in [0.2, 0.25) is 0 Å². The molecule has 1 fully saturated rings. The fourth-order valence-corrected chi connectivity index (χ4v) is 3.77. The van der Waals surface area contributed by atoms with Gasteiger partial charge in [-0.25, -0.2) is 0 Å². The van der Waals surface area contributed by atoms with E-state index in [4.69, 9.17) is 0 Å². The molecule has 1 N–H and O–H groups in total. The van der Waals surface area contributed by atoms with Gasteiger partial charge in [-0.2, -0.15) is 24.9 Å². The van der Waals surface area contributed by atoms with Crippen LogP contribution in [0.15, 0.2) is 29.2 Å². The molecule has 0 spiro atoms. The van der Waals surface area contributed by atoms with E-state index in [9.17, 15) is 13.2 Å². The van der Waals surface area contributed by atoms with Crippen molar-refractivity contribution in [3.05, 3.63) is 29.8 Å². The molecule has 1 nitrogen and oxygen atoms in total. The Morgan fingerprint density at radius 3 is 2.58 bits per heavy atom. The smallest absolute Gasteiger partial charge is 0.312 e. The first kappa shape index (κ1) is 15.1. The number of nitrogens with one attached hydrogen (secondary N) is 1. The molecule has 0 aliphatic carbocycles. The zero-order valence-electron chi connectivity index (χ0n) is 10.4. The highest BCUT2D eigenvalue weighted by atomic mass is 32.2. The van der Waals surface area contributed by atoms with Crippen LogP contribution in [0.4, 0.5) is 13.2 Å². The summed E-state index contributed by atoms with van der Waals surface area (Å²) in [5.74, 6) is 1.25. The molecule has 2 rings (SSSR count). The van der Waals surface area contributed by atoms with Gasteiger partial charge in [-0.1, -0.05) is 12.1 Å². The van der Waals surface area contributed by atoms with Crippen LogP contribution in [0.1, 0.15) is 18.4 Å². The van der Waals surface area contributed by atoms with E-state index in [0.29, 0.717) is 11.8 Å². The van der Waals surface area contributed by atoms with E-state index < -0.39 is 5.51 Å². The molecule has 6 heteroatoms. The summed E-state index contributed by atoms with van der Waals surface area (Å²) in [5, 5.41) is 4.06. The fraction of sp³-hybridized carbons (Fsp3) is 0.538. The molecule has 1 unspecified atom stereocenters. The molecule has 1 heterocycles. The van der Waals surface area contributed by atoms with Gasteiger partial charge < -0.3 is 5.32 Å². The molecule has 0 radical (unpaired) electrons. The normalized spacial score (nSPS) is 19.8. The molecule has 1 aliphatic rings. The molecular weight excluding hydrogens is 291 g/mol. The maximum absolute atomic E-state index is 12.2. The first-order valence-electron chi connectivity index (χ1n) is 6.20. The third-order valence-electron chi connectivity index (χ3n) is 2.88. The number of hydrogen-bond acceptors (Lipinski definition) is 3. The highest BCUT2D eigenvalue weighted by molar-refractivity contribution is 8.00. The summed E-state index contributed by atoms with van der Waals surface area (Å²) >= 11 is 1.93. The minimum atomic E-state index is -4.21. The molecule has 1 aliphatic heterocycles. The van der Waals surface area contributed by atoms with Gasteiger partial charge in [0, 0.05) is 23.2 Å². The standard InChI is InChI=1S/C13H16F3NS2/c14-13(15,16)19-11-5-3-10(4-6-11)8-17-9-12-2-1-7-18-12/h3-6,12,17H,1-2,7-9H2. The molecule has 0 amide bonds. The van der Waals surface area contributed by atoms with E-state index in [1.807, 2.05) is 11.8 Å². The lowest BCUT2D eigenvalue weighted by atomic mass is 10.2. The van der Waals surface area contributed by atoms with E-state index in [1.165, 1.54) is 30.7 Å². The molecule has 19 heavy (non-hydrogen) atoms. The maximum atomic E-state index is 12.2. The average molecular weight is 307 g/mol. The molecule has 1 saturated heterocycles. The lowest BCUT2D eigenvalue weighted by Crippen LogP contribution is -2.22. The monoisotopic (exact) mass is 307 g/mol. The second kappa shape index (κ2) is 6.90. The summed E-state index contributed by atoms with van der Waals surface area (Å²) < 4.78 is 36.5. The second-order valence-corrected chi connectivity index (χ2v) is 7.00. The van der Waals surface area contributed by atoms with Crippen molar-refractivity contribution in [2.75, 3.05) is 12.3 Å². The molecule has 0 bridgehead atoms. The van der Waals surface area contributed by atoms with Gasteiger partial charge in [0.25, 0.3) is 0 Å². The Morgan fingerprint density at radius 2 is 2.00 bits per heavy atom. The van der Waals surface area contributed by atoms with Crippen molar-refractivity contribution in [2.24, 2.45) is 0 Å². The molecule has 0 saturated carbocycles. The van der Waals surface area contributed by atoms with Gasteiger partial charge >= 0.3 is 5.51 Å². The maximum Gasteiger partial charge on any atom is 0.446 e. The summed E-state index contributed by atoms with van der Waals surface area (Å²) in [7, 11) is 0. The van der Waals surface area contributed by atoms with Crippen LogP contribution in [0.25, 0.3) is 0 Å². The Bertz CT molecular complexity index is 386. The largest absolute Gasteiger partial charge is 0.446 e. The number of hydrogen-bond donors (Lipinski definition) is 1. The van der Waals surface area contributed by atoms with Gasteiger partial charge in [0.15, 0.2) is 0 Å². The Hall–Kier alpha value is -0.330. The first-order chi connectivity index (χ1) is 9.03. The first-order valence-corrected chi connectivity index (χ1v) is 8.06. The molecule has 1 aromatic carbocycles. The zero-order valence-corrected chi connectivity index (χ0v) is 12.0. The van der Waals surface area contributed by atoms with Crippen LogP contribution in [-0.4, -0.2) is 23.1 Å². The van der Waals surface area contributed by atoms with Crippen molar-refractivity contribution in [3.8, 4) is 0 Å². The SMILES string of the molecule is FC(F)(F)Sc1ccc(CNCC2CCCS2)cc1. The quantitative estimate of drug-likeness (QED) is 0.815. The van der Waals surface area contributed by atoms with Crippen LogP contribution < -0.4 is 5.32 Å². The van der Waals surface area contributed by atoms with Crippen molar-refractivity contribution in [1.82, 2.24) is 5.32 Å². The van der Waals surface area contributed by atoms with Crippen LogP contribution in [0.5, 0.6) is 0 Å². The van der Waals surface area contributed by atoms with Crippen LogP contribution >= 0.6 is 23.5 Å². The minimum absolute atomic E-state index is 0.0700. The van der Waals surface area contributed by atoms with Crippen molar-refractivity contribution >= 4 is 23.5 Å². The highest BCUT2D eigenvalue weighted by Gasteiger charge is 2.28.